The van der Waals surface area contributed by atoms with Gasteiger partial charge in [-0.15, -0.1) is 0 Å². The summed E-state index contributed by atoms with van der Waals surface area (Å²) in [6.45, 7) is 6.04. The van der Waals surface area contributed by atoms with Gasteiger partial charge in [-0.2, -0.15) is 0 Å². The third-order valence-electron chi connectivity index (χ3n) is 5.63. The van der Waals surface area contributed by atoms with Crippen molar-refractivity contribution < 1.29 is 9.59 Å². The summed E-state index contributed by atoms with van der Waals surface area (Å²) >= 11 is 0. The molecule has 0 spiro atoms. The predicted octanol–water partition coefficient (Wildman–Crippen LogP) is 3.35. The van der Waals surface area contributed by atoms with E-state index in [1.165, 1.54) is 19.3 Å². The second kappa shape index (κ2) is 9.17. The van der Waals surface area contributed by atoms with E-state index < -0.39 is 0 Å². The van der Waals surface area contributed by atoms with Crippen LogP contribution in [0.15, 0.2) is 18.2 Å². The van der Waals surface area contributed by atoms with Gasteiger partial charge in [-0.05, 0) is 51.8 Å². The molecule has 1 atom stereocenters. The SMILES string of the molecule is Cc1cccc(C)c1NC(=O)CN(C)C(C)C(=O)N(C)C1CCCCC1. The molecule has 0 heterocycles. The molecule has 5 nitrogen and oxygen atoms in total. The number of benzene rings is 1. The summed E-state index contributed by atoms with van der Waals surface area (Å²) in [6.07, 6.45) is 5.85. The van der Waals surface area contributed by atoms with Gasteiger partial charge in [-0.3, -0.25) is 14.5 Å². The Bertz CT molecular complexity index is 618. The van der Waals surface area contributed by atoms with Crippen LogP contribution in [0.4, 0.5) is 5.69 Å². The number of hydrogen-bond acceptors (Lipinski definition) is 3. The van der Waals surface area contributed by atoms with Crippen molar-refractivity contribution in [2.24, 2.45) is 0 Å². The molecule has 1 aliphatic rings. The lowest BCUT2D eigenvalue weighted by atomic mass is 9.94. The molecule has 1 aliphatic carbocycles. The molecule has 0 aliphatic heterocycles. The van der Waals surface area contributed by atoms with Crippen molar-refractivity contribution >= 4 is 17.5 Å². The van der Waals surface area contributed by atoms with Gasteiger partial charge in [-0.1, -0.05) is 37.5 Å². The van der Waals surface area contributed by atoms with Crippen LogP contribution in [-0.4, -0.2) is 54.3 Å². The number of anilines is 1. The Morgan fingerprint density at radius 2 is 1.69 bits per heavy atom. The molecule has 1 aromatic carbocycles. The minimum absolute atomic E-state index is 0.0927. The van der Waals surface area contributed by atoms with Crippen molar-refractivity contribution in [3.05, 3.63) is 29.3 Å². The molecule has 144 valence electrons. The molecule has 26 heavy (non-hydrogen) atoms. The van der Waals surface area contributed by atoms with Gasteiger partial charge in [0.15, 0.2) is 0 Å². The van der Waals surface area contributed by atoms with E-state index in [0.29, 0.717) is 6.04 Å². The fourth-order valence-corrected chi connectivity index (χ4v) is 3.69. The smallest absolute Gasteiger partial charge is 0.239 e. The molecular formula is C21H33N3O2. The molecule has 2 rings (SSSR count). The van der Waals surface area contributed by atoms with Gasteiger partial charge in [0, 0.05) is 18.8 Å². The van der Waals surface area contributed by atoms with E-state index in [9.17, 15) is 9.59 Å². The van der Waals surface area contributed by atoms with E-state index in [2.05, 4.69) is 5.32 Å². The number of aryl methyl sites for hydroxylation is 2. The number of hydrogen-bond donors (Lipinski definition) is 1. The molecule has 1 N–H and O–H groups in total. The summed E-state index contributed by atoms with van der Waals surface area (Å²) in [5.41, 5.74) is 2.95. The maximum atomic E-state index is 12.8. The molecule has 1 saturated carbocycles. The first-order valence-electron chi connectivity index (χ1n) is 9.64. The molecule has 1 aromatic rings. The molecule has 1 fully saturated rings. The fraction of sp³-hybridized carbons (Fsp3) is 0.619. The molecule has 0 bridgehead atoms. The molecule has 0 saturated heterocycles. The van der Waals surface area contributed by atoms with E-state index in [-0.39, 0.29) is 24.4 Å². The lowest BCUT2D eigenvalue weighted by Crippen LogP contribution is -2.49. The summed E-state index contributed by atoms with van der Waals surface area (Å²) in [7, 11) is 3.74. The maximum Gasteiger partial charge on any atom is 0.239 e. The lowest BCUT2D eigenvalue weighted by Gasteiger charge is -2.35. The van der Waals surface area contributed by atoms with Gasteiger partial charge >= 0.3 is 0 Å². The second-order valence-corrected chi connectivity index (χ2v) is 7.65. The van der Waals surface area contributed by atoms with Crippen molar-refractivity contribution in [3.8, 4) is 0 Å². The van der Waals surface area contributed by atoms with E-state index in [1.54, 1.807) is 0 Å². The highest BCUT2D eigenvalue weighted by molar-refractivity contribution is 5.94. The fourth-order valence-electron chi connectivity index (χ4n) is 3.69. The van der Waals surface area contributed by atoms with E-state index in [0.717, 1.165) is 29.7 Å². The van der Waals surface area contributed by atoms with Crippen LogP contribution in [0.2, 0.25) is 0 Å². The number of carbonyl (C=O) groups is 2. The Morgan fingerprint density at radius 3 is 2.27 bits per heavy atom. The van der Waals surface area contributed by atoms with Crippen molar-refractivity contribution in [2.45, 2.75) is 65.0 Å². The van der Waals surface area contributed by atoms with Crippen LogP contribution in [-0.2, 0) is 9.59 Å². The summed E-state index contributed by atoms with van der Waals surface area (Å²) in [4.78, 5) is 28.9. The first-order chi connectivity index (χ1) is 12.3. The highest BCUT2D eigenvalue weighted by atomic mass is 16.2. The van der Waals surface area contributed by atoms with E-state index >= 15 is 0 Å². The topological polar surface area (TPSA) is 52.7 Å². The Labute approximate surface area is 157 Å². The van der Waals surface area contributed by atoms with Crippen LogP contribution in [0.1, 0.15) is 50.2 Å². The zero-order chi connectivity index (χ0) is 19.3. The van der Waals surface area contributed by atoms with Crippen molar-refractivity contribution in [1.82, 2.24) is 9.80 Å². The van der Waals surface area contributed by atoms with Gasteiger partial charge in [0.2, 0.25) is 11.8 Å². The van der Waals surface area contributed by atoms with Crippen LogP contribution < -0.4 is 5.32 Å². The quantitative estimate of drug-likeness (QED) is 0.847. The third-order valence-corrected chi connectivity index (χ3v) is 5.63. The zero-order valence-corrected chi connectivity index (χ0v) is 16.8. The molecular weight excluding hydrogens is 326 g/mol. The highest BCUT2D eigenvalue weighted by Crippen LogP contribution is 2.23. The predicted molar refractivity (Wildman–Crippen MR) is 106 cm³/mol. The first kappa shape index (κ1) is 20.4. The van der Waals surface area contributed by atoms with Crippen molar-refractivity contribution in [3.63, 3.8) is 0 Å². The molecule has 1 unspecified atom stereocenters. The number of para-hydroxylation sites is 1. The number of rotatable bonds is 6. The molecule has 5 heteroatoms. The largest absolute Gasteiger partial charge is 0.341 e. The van der Waals surface area contributed by atoms with Crippen molar-refractivity contribution in [1.29, 1.82) is 0 Å². The summed E-state index contributed by atoms with van der Waals surface area (Å²) in [6, 6.07) is 5.98. The monoisotopic (exact) mass is 359 g/mol. The number of carbonyl (C=O) groups excluding carboxylic acids is 2. The van der Waals surface area contributed by atoms with Crippen molar-refractivity contribution in [2.75, 3.05) is 26.0 Å². The van der Waals surface area contributed by atoms with Gasteiger partial charge in [0.1, 0.15) is 0 Å². The number of likely N-dealkylation sites (N-methyl/N-ethyl adjacent to an activating group) is 2. The minimum atomic E-state index is -0.314. The van der Waals surface area contributed by atoms with Crippen LogP contribution >= 0.6 is 0 Å². The molecule has 2 amide bonds. The number of nitrogens with zero attached hydrogens (tertiary/aromatic N) is 2. The average molecular weight is 360 g/mol. The number of nitrogens with one attached hydrogen (secondary N) is 1. The lowest BCUT2D eigenvalue weighted by molar-refractivity contribution is -0.137. The van der Waals surface area contributed by atoms with Gasteiger partial charge < -0.3 is 10.2 Å². The minimum Gasteiger partial charge on any atom is -0.341 e. The van der Waals surface area contributed by atoms with Gasteiger partial charge in [0.05, 0.1) is 12.6 Å². The summed E-state index contributed by atoms with van der Waals surface area (Å²) < 4.78 is 0. The van der Waals surface area contributed by atoms with E-state index in [4.69, 9.17) is 0 Å². The van der Waals surface area contributed by atoms with Crippen LogP contribution in [0, 0.1) is 13.8 Å². The Hall–Kier alpha value is -1.88. The highest BCUT2D eigenvalue weighted by Gasteiger charge is 2.28. The van der Waals surface area contributed by atoms with Crippen LogP contribution in [0.5, 0.6) is 0 Å². The normalized spacial score (nSPS) is 16.4. The standard InChI is InChI=1S/C21H33N3O2/c1-15-10-9-11-16(2)20(15)22-19(25)14-23(4)17(3)21(26)24(5)18-12-7-6-8-13-18/h9-11,17-18H,6-8,12-14H2,1-5H3,(H,22,25). The Balaban J connectivity index is 1.92. The first-order valence-corrected chi connectivity index (χ1v) is 9.64. The summed E-state index contributed by atoms with van der Waals surface area (Å²) in [5.74, 6) is 0.00383. The average Bonchev–Trinajstić information content (AvgIpc) is 2.63. The summed E-state index contributed by atoms with van der Waals surface area (Å²) in [5, 5.41) is 2.99. The van der Waals surface area contributed by atoms with Crippen LogP contribution in [0.25, 0.3) is 0 Å². The Morgan fingerprint density at radius 1 is 1.12 bits per heavy atom. The molecule has 0 radical (unpaired) electrons. The van der Waals surface area contributed by atoms with Gasteiger partial charge in [-0.25, -0.2) is 0 Å². The third kappa shape index (κ3) is 5.07. The Kier molecular flexibility index (Phi) is 7.21. The molecule has 0 aromatic heterocycles. The maximum absolute atomic E-state index is 12.8. The van der Waals surface area contributed by atoms with E-state index in [1.807, 2.05) is 62.9 Å². The second-order valence-electron chi connectivity index (χ2n) is 7.65. The number of amides is 2. The van der Waals surface area contributed by atoms with Gasteiger partial charge in [0.25, 0.3) is 0 Å². The van der Waals surface area contributed by atoms with Crippen LogP contribution in [0.3, 0.4) is 0 Å². The zero-order valence-electron chi connectivity index (χ0n) is 16.8.